The van der Waals surface area contributed by atoms with Crippen LogP contribution in [0, 0.1) is 0 Å². The number of methoxy groups -OCH3 is 3. The number of rotatable bonds is 7. The highest BCUT2D eigenvalue weighted by Crippen LogP contribution is 2.46. The molecule has 1 aliphatic rings. The van der Waals surface area contributed by atoms with Crippen molar-refractivity contribution in [2.75, 3.05) is 26.2 Å². The molecular weight excluding hydrogens is 488 g/mol. The molecule has 188 valence electrons. The molecule has 37 heavy (non-hydrogen) atoms. The SMILES string of the molecule is COC(=O)c1ccc(-n2cccc2[C@@H]2[C@@H](c3ccccn3)NC(=S)N2c2cc(OC)ccc2OC)cc1. The Hall–Kier alpha value is -4.37. The lowest BCUT2D eigenvalue weighted by Crippen LogP contribution is -2.30. The maximum atomic E-state index is 11.9. The first-order chi connectivity index (χ1) is 18.0. The topological polar surface area (TPSA) is 77.9 Å². The van der Waals surface area contributed by atoms with E-state index in [0.29, 0.717) is 22.2 Å². The van der Waals surface area contributed by atoms with E-state index in [2.05, 4.69) is 20.9 Å². The number of benzene rings is 2. The predicted molar refractivity (Wildman–Crippen MR) is 145 cm³/mol. The smallest absolute Gasteiger partial charge is 0.337 e. The van der Waals surface area contributed by atoms with Gasteiger partial charge in [0.15, 0.2) is 5.11 Å². The Morgan fingerprint density at radius 1 is 0.973 bits per heavy atom. The predicted octanol–water partition coefficient (Wildman–Crippen LogP) is 4.85. The Morgan fingerprint density at radius 2 is 1.78 bits per heavy atom. The second kappa shape index (κ2) is 10.3. The van der Waals surface area contributed by atoms with E-state index in [1.165, 1.54) is 7.11 Å². The van der Waals surface area contributed by atoms with Gasteiger partial charge in [-0.2, -0.15) is 0 Å². The molecule has 0 saturated carbocycles. The monoisotopic (exact) mass is 514 g/mol. The van der Waals surface area contributed by atoms with Crippen molar-refractivity contribution < 1.29 is 19.0 Å². The third kappa shape index (κ3) is 4.49. The van der Waals surface area contributed by atoms with Crippen molar-refractivity contribution in [2.45, 2.75) is 12.1 Å². The van der Waals surface area contributed by atoms with E-state index in [0.717, 1.165) is 22.8 Å². The number of hydrogen-bond acceptors (Lipinski definition) is 6. The largest absolute Gasteiger partial charge is 0.497 e. The molecule has 1 saturated heterocycles. The number of nitrogens with one attached hydrogen (secondary N) is 1. The van der Waals surface area contributed by atoms with Crippen molar-refractivity contribution in [3.8, 4) is 17.2 Å². The van der Waals surface area contributed by atoms with Gasteiger partial charge in [0.05, 0.1) is 44.3 Å². The van der Waals surface area contributed by atoms with Crippen LogP contribution in [0.25, 0.3) is 5.69 Å². The third-order valence-corrected chi connectivity index (χ3v) is 6.71. The Labute approximate surface area is 220 Å². The summed E-state index contributed by atoms with van der Waals surface area (Å²) in [6, 6.07) is 22.3. The van der Waals surface area contributed by atoms with E-state index in [4.69, 9.17) is 26.4 Å². The van der Waals surface area contributed by atoms with Crippen molar-refractivity contribution in [2.24, 2.45) is 0 Å². The molecule has 1 N–H and O–H groups in total. The van der Waals surface area contributed by atoms with Crippen LogP contribution in [0.4, 0.5) is 5.69 Å². The van der Waals surface area contributed by atoms with Crippen LogP contribution >= 0.6 is 12.2 Å². The number of carbonyl (C=O) groups is 1. The number of anilines is 1. The van der Waals surface area contributed by atoms with Gasteiger partial charge in [0.2, 0.25) is 0 Å². The standard InChI is InChI=1S/C28H26N4O4S/c1-34-20-13-14-24(35-2)23(17-20)32-26(25(30-28(32)37)21-7-4-5-15-29-21)22-8-6-16-31(22)19-11-9-18(10-12-19)27(33)36-3/h4-17,25-26H,1-3H3,(H,30,37)/t25-,26-/m1/s1. The summed E-state index contributed by atoms with van der Waals surface area (Å²) < 4.78 is 18.2. The van der Waals surface area contributed by atoms with Gasteiger partial charge in [0.25, 0.3) is 0 Å². The lowest BCUT2D eigenvalue weighted by Gasteiger charge is -2.30. The number of pyridine rings is 1. The van der Waals surface area contributed by atoms with E-state index in [1.807, 2.05) is 65.7 Å². The van der Waals surface area contributed by atoms with Crippen LogP contribution in [0.1, 0.15) is 33.8 Å². The zero-order valence-corrected chi connectivity index (χ0v) is 21.4. The minimum absolute atomic E-state index is 0.243. The summed E-state index contributed by atoms with van der Waals surface area (Å²) >= 11 is 5.89. The van der Waals surface area contributed by atoms with Gasteiger partial charge >= 0.3 is 5.97 Å². The molecule has 0 unspecified atom stereocenters. The van der Waals surface area contributed by atoms with Crippen LogP contribution in [0.2, 0.25) is 0 Å². The summed E-state index contributed by atoms with van der Waals surface area (Å²) in [4.78, 5) is 18.6. The van der Waals surface area contributed by atoms with E-state index in [1.54, 1.807) is 32.5 Å². The first kappa shape index (κ1) is 24.3. The Kier molecular flexibility index (Phi) is 6.78. The maximum Gasteiger partial charge on any atom is 0.337 e. The molecule has 9 heteroatoms. The van der Waals surface area contributed by atoms with Crippen molar-refractivity contribution in [3.63, 3.8) is 0 Å². The molecule has 2 aromatic carbocycles. The minimum Gasteiger partial charge on any atom is -0.497 e. The highest BCUT2D eigenvalue weighted by atomic mass is 32.1. The first-order valence-corrected chi connectivity index (χ1v) is 12.0. The Morgan fingerprint density at radius 3 is 2.46 bits per heavy atom. The number of esters is 1. The van der Waals surface area contributed by atoms with Gasteiger partial charge in [-0.15, -0.1) is 0 Å². The molecular formula is C28H26N4O4S. The molecule has 5 rings (SSSR count). The summed E-state index contributed by atoms with van der Waals surface area (Å²) in [5.41, 5.74) is 3.98. The molecule has 3 heterocycles. The summed E-state index contributed by atoms with van der Waals surface area (Å²) in [7, 11) is 4.63. The molecule has 8 nitrogen and oxygen atoms in total. The fourth-order valence-corrected chi connectivity index (χ4v) is 4.98. The lowest BCUT2D eigenvalue weighted by molar-refractivity contribution is 0.0600. The van der Waals surface area contributed by atoms with Gasteiger partial charge in [-0.3, -0.25) is 4.98 Å². The van der Waals surface area contributed by atoms with Gasteiger partial charge in [0, 0.05) is 29.8 Å². The average molecular weight is 515 g/mol. The zero-order valence-electron chi connectivity index (χ0n) is 20.6. The van der Waals surface area contributed by atoms with Gasteiger partial charge in [0.1, 0.15) is 17.5 Å². The third-order valence-electron chi connectivity index (χ3n) is 6.39. The molecule has 0 amide bonds. The van der Waals surface area contributed by atoms with Gasteiger partial charge in [-0.1, -0.05) is 6.07 Å². The Bertz CT molecular complexity index is 1420. The normalized spacial score (nSPS) is 16.8. The van der Waals surface area contributed by atoms with E-state index < -0.39 is 0 Å². The lowest BCUT2D eigenvalue weighted by atomic mass is 10.0. The van der Waals surface area contributed by atoms with Crippen LogP contribution in [-0.4, -0.2) is 42.0 Å². The second-order valence-electron chi connectivity index (χ2n) is 8.38. The molecule has 1 fully saturated rings. The number of carbonyl (C=O) groups excluding carboxylic acids is 1. The zero-order chi connectivity index (χ0) is 25.9. The average Bonchev–Trinajstić information content (AvgIpc) is 3.57. The number of thiocarbonyl (C=S) groups is 1. The highest BCUT2D eigenvalue weighted by molar-refractivity contribution is 7.80. The van der Waals surface area contributed by atoms with Crippen LogP contribution in [0.15, 0.2) is 85.2 Å². The number of aromatic nitrogens is 2. The molecule has 0 bridgehead atoms. The van der Waals surface area contributed by atoms with Crippen molar-refractivity contribution in [1.29, 1.82) is 0 Å². The van der Waals surface area contributed by atoms with Gasteiger partial charge in [-0.25, -0.2) is 4.79 Å². The number of nitrogens with zero attached hydrogens (tertiary/aromatic N) is 3. The molecule has 1 aliphatic heterocycles. The molecule has 2 aromatic heterocycles. The second-order valence-corrected chi connectivity index (χ2v) is 8.76. The summed E-state index contributed by atoms with van der Waals surface area (Å²) in [6.07, 6.45) is 3.76. The van der Waals surface area contributed by atoms with Crippen molar-refractivity contribution in [1.82, 2.24) is 14.9 Å². The fourth-order valence-electron chi connectivity index (χ4n) is 4.65. The molecule has 0 spiro atoms. The van der Waals surface area contributed by atoms with E-state index in [-0.39, 0.29) is 18.1 Å². The number of ether oxygens (including phenoxy) is 3. The molecule has 4 aromatic rings. The van der Waals surface area contributed by atoms with Crippen molar-refractivity contribution >= 4 is 29.0 Å². The highest BCUT2D eigenvalue weighted by Gasteiger charge is 2.43. The molecule has 0 aliphatic carbocycles. The fraction of sp³-hybridized carbons (Fsp3) is 0.179. The van der Waals surface area contributed by atoms with Crippen LogP contribution in [0.5, 0.6) is 11.5 Å². The van der Waals surface area contributed by atoms with E-state index >= 15 is 0 Å². The molecule has 0 radical (unpaired) electrons. The molecule has 2 atom stereocenters. The first-order valence-electron chi connectivity index (χ1n) is 11.6. The summed E-state index contributed by atoms with van der Waals surface area (Å²) in [5.74, 6) is 0.973. The number of hydrogen-bond donors (Lipinski definition) is 1. The van der Waals surface area contributed by atoms with Gasteiger partial charge < -0.3 is 29.0 Å². The minimum atomic E-state index is -0.379. The van der Waals surface area contributed by atoms with Crippen LogP contribution < -0.4 is 19.7 Å². The van der Waals surface area contributed by atoms with Gasteiger partial charge in [-0.05, 0) is 72.9 Å². The van der Waals surface area contributed by atoms with Crippen LogP contribution in [-0.2, 0) is 4.74 Å². The Balaban J connectivity index is 1.66. The maximum absolute atomic E-state index is 11.9. The summed E-state index contributed by atoms with van der Waals surface area (Å²) in [6.45, 7) is 0. The quantitative estimate of drug-likeness (QED) is 0.277. The van der Waals surface area contributed by atoms with Crippen LogP contribution in [0.3, 0.4) is 0 Å². The van der Waals surface area contributed by atoms with Crippen molar-refractivity contribution in [3.05, 3.63) is 102 Å². The summed E-state index contributed by atoms with van der Waals surface area (Å²) in [5, 5.41) is 4.02. The van der Waals surface area contributed by atoms with E-state index in [9.17, 15) is 4.79 Å².